The lowest BCUT2D eigenvalue weighted by molar-refractivity contribution is 0.0938. The Labute approximate surface area is 233 Å². The zero-order chi connectivity index (χ0) is 28.5. The first-order valence-corrected chi connectivity index (χ1v) is 12.8. The van der Waals surface area contributed by atoms with Crippen LogP contribution in [-0.2, 0) is 0 Å². The van der Waals surface area contributed by atoms with Crippen LogP contribution in [0, 0.1) is 18.8 Å². The van der Waals surface area contributed by atoms with E-state index in [0.717, 1.165) is 0 Å². The highest BCUT2D eigenvalue weighted by molar-refractivity contribution is 6.01. The third-order valence-electron chi connectivity index (χ3n) is 6.60. The minimum atomic E-state index is -0.659. The molecule has 0 fully saturated rings. The number of aryl methyl sites for hydroxylation is 1. The van der Waals surface area contributed by atoms with Crippen molar-refractivity contribution in [2.24, 2.45) is 0 Å². The van der Waals surface area contributed by atoms with Crippen molar-refractivity contribution in [2.45, 2.75) is 19.9 Å². The van der Waals surface area contributed by atoms with Crippen LogP contribution >= 0.6 is 0 Å². The summed E-state index contributed by atoms with van der Waals surface area (Å²) in [5.74, 6) is 6.03. The molecular formula is C31H23N7O3. The lowest BCUT2D eigenvalue weighted by atomic mass is 10.1. The van der Waals surface area contributed by atoms with Crippen molar-refractivity contribution in [1.82, 2.24) is 34.4 Å². The predicted molar refractivity (Wildman–Crippen MR) is 154 cm³/mol. The normalized spacial score (nSPS) is 11.7. The summed E-state index contributed by atoms with van der Waals surface area (Å²) in [7, 11) is 0. The van der Waals surface area contributed by atoms with E-state index < -0.39 is 6.04 Å². The van der Waals surface area contributed by atoms with Gasteiger partial charge in [-0.2, -0.15) is 5.10 Å². The van der Waals surface area contributed by atoms with Gasteiger partial charge in [0.25, 0.3) is 11.5 Å². The third-order valence-corrected chi connectivity index (χ3v) is 6.60. The van der Waals surface area contributed by atoms with Gasteiger partial charge >= 0.3 is 0 Å². The van der Waals surface area contributed by atoms with Crippen LogP contribution in [0.15, 0.2) is 94.9 Å². The molecule has 0 saturated heterocycles. The quantitative estimate of drug-likeness (QED) is 0.330. The number of nitrogens with one attached hydrogen (secondary N) is 2. The third kappa shape index (κ3) is 4.77. The second kappa shape index (κ2) is 10.4. The number of carbonyl (C=O) groups is 1. The van der Waals surface area contributed by atoms with Crippen molar-refractivity contribution in [3.8, 4) is 17.5 Å². The number of hydrogen-bond acceptors (Lipinski definition) is 6. The molecule has 1 amide bonds. The van der Waals surface area contributed by atoms with E-state index in [2.05, 4.69) is 32.2 Å². The van der Waals surface area contributed by atoms with Gasteiger partial charge in [-0.1, -0.05) is 36.1 Å². The Morgan fingerprint density at radius 1 is 1.00 bits per heavy atom. The minimum Gasteiger partial charge on any atom is -0.342 e. The van der Waals surface area contributed by atoms with Gasteiger partial charge in [-0.15, -0.1) is 0 Å². The smallest absolute Gasteiger partial charge is 0.267 e. The summed E-state index contributed by atoms with van der Waals surface area (Å²) in [6, 6.07) is 18.5. The van der Waals surface area contributed by atoms with E-state index in [-0.39, 0.29) is 17.0 Å². The largest absolute Gasteiger partial charge is 0.342 e. The molecule has 10 nitrogen and oxygen atoms in total. The van der Waals surface area contributed by atoms with Gasteiger partial charge in [-0.25, -0.2) is 14.5 Å². The molecule has 0 spiro atoms. The van der Waals surface area contributed by atoms with E-state index in [1.807, 2.05) is 18.2 Å². The SMILES string of the molecule is Cc1nn2cccnc2c1C(=O)N[C@@H](C)c1nc2cccc(C#Cc3ccc(=O)[nH]c3)c2c(=O)n1-c1ccccc1. The molecular weight excluding hydrogens is 518 g/mol. The Hall–Kier alpha value is -5.82. The van der Waals surface area contributed by atoms with Gasteiger partial charge in [0.05, 0.1) is 28.3 Å². The van der Waals surface area contributed by atoms with Crippen molar-refractivity contribution in [3.05, 3.63) is 134 Å². The summed E-state index contributed by atoms with van der Waals surface area (Å²) >= 11 is 0. The molecule has 200 valence electrons. The van der Waals surface area contributed by atoms with Gasteiger partial charge in [0, 0.05) is 35.8 Å². The van der Waals surface area contributed by atoms with E-state index in [1.165, 1.54) is 16.8 Å². The number of para-hydroxylation sites is 1. The molecule has 4 heterocycles. The number of aromatic nitrogens is 6. The van der Waals surface area contributed by atoms with Crippen molar-refractivity contribution in [3.63, 3.8) is 0 Å². The Balaban J connectivity index is 1.47. The molecule has 10 heteroatoms. The maximum atomic E-state index is 14.1. The number of amides is 1. The van der Waals surface area contributed by atoms with E-state index in [0.29, 0.717) is 50.4 Å². The van der Waals surface area contributed by atoms with Crippen molar-refractivity contribution in [1.29, 1.82) is 0 Å². The van der Waals surface area contributed by atoms with E-state index in [4.69, 9.17) is 4.98 Å². The van der Waals surface area contributed by atoms with Crippen LogP contribution in [-0.4, -0.2) is 35.0 Å². The van der Waals surface area contributed by atoms with Crippen molar-refractivity contribution in [2.75, 3.05) is 0 Å². The number of rotatable bonds is 4. The molecule has 0 bridgehead atoms. The Bertz CT molecular complexity index is 2110. The zero-order valence-corrected chi connectivity index (χ0v) is 22.1. The highest BCUT2D eigenvalue weighted by atomic mass is 16.2. The van der Waals surface area contributed by atoms with Crippen LogP contribution < -0.4 is 16.4 Å². The average Bonchev–Trinajstić information content (AvgIpc) is 3.32. The number of carbonyl (C=O) groups excluding carboxylic acids is 1. The van der Waals surface area contributed by atoms with Crippen molar-refractivity contribution >= 4 is 22.5 Å². The fourth-order valence-corrected chi connectivity index (χ4v) is 4.69. The molecule has 0 aliphatic heterocycles. The fraction of sp³-hybridized carbons (Fsp3) is 0.0968. The first kappa shape index (κ1) is 25.5. The van der Waals surface area contributed by atoms with E-state index in [1.54, 1.807) is 73.2 Å². The monoisotopic (exact) mass is 541 g/mol. The average molecular weight is 542 g/mol. The Morgan fingerprint density at radius 3 is 2.61 bits per heavy atom. The molecule has 0 aliphatic carbocycles. The maximum absolute atomic E-state index is 14.1. The van der Waals surface area contributed by atoms with Gasteiger partial charge < -0.3 is 10.3 Å². The number of pyridine rings is 1. The summed E-state index contributed by atoms with van der Waals surface area (Å²) < 4.78 is 3.05. The van der Waals surface area contributed by atoms with E-state index in [9.17, 15) is 14.4 Å². The summed E-state index contributed by atoms with van der Waals surface area (Å²) in [5.41, 5.74) is 2.91. The summed E-state index contributed by atoms with van der Waals surface area (Å²) in [6.07, 6.45) is 4.85. The van der Waals surface area contributed by atoms with Gasteiger partial charge in [0.1, 0.15) is 11.4 Å². The Morgan fingerprint density at radius 2 is 1.83 bits per heavy atom. The predicted octanol–water partition coefficient (Wildman–Crippen LogP) is 3.32. The fourth-order valence-electron chi connectivity index (χ4n) is 4.69. The summed E-state index contributed by atoms with van der Waals surface area (Å²) in [6.45, 7) is 3.53. The highest BCUT2D eigenvalue weighted by Gasteiger charge is 2.24. The molecule has 2 aromatic carbocycles. The Kier molecular flexibility index (Phi) is 6.45. The van der Waals surface area contributed by atoms with Crippen LogP contribution in [0.4, 0.5) is 0 Å². The molecule has 4 aromatic heterocycles. The minimum absolute atomic E-state index is 0.225. The number of benzene rings is 2. The highest BCUT2D eigenvalue weighted by Crippen LogP contribution is 2.21. The lowest BCUT2D eigenvalue weighted by Crippen LogP contribution is -2.33. The van der Waals surface area contributed by atoms with Crippen LogP contribution in [0.25, 0.3) is 22.2 Å². The molecule has 1 atom stereocenters. The van der Waals surface area contributed by atoms with Gasteiger partial charge in [-0.3, -0.25) is 19.0 Å². The second-order valence-corrected chi connectivity index (χ2v) is 9.38. The summed E-state index contributed by atoms with van der Waals surface area (Å²) in [4.78, 5) is 50.8. The van der Waals surface area contributed by atoms with Crippen LogP contribution in [0.5, 0.6) is 0 Å². The number of fused-ring (bicyclic) bond motifs is 2. The number of H-pyrrole nitrogens is 1. The number of nitrogens with zero attached hydrogens (tertiary/aromatic N) is 5. The molecule has 0 radical (unpaired) electrons. The number of hydrogen-bond donors (Lipinski definition) is 2. The van der Waals surface area contributed by atoms with Crippen LogP contribution in [0.1, 0.15) is 46.0 Å². The molecule has 0 saturated carbocycles. The van der Waals surface area contributed by atoms with Gasteiger partial charge in [-0.05, 0) is 50.2 Å². The standard InChI is InChI=1S/C31H23N7O3/c1-19-26(29-32-16-7-17-37(29)36-19)30(40)34-20(2)28-35-24-11-6-8-22(14-12-21-13-15-25(39)33-18-21)27(24)31(41)38(28)23-9-4-3-5-10-23/h3-11,13,15-18,20H,1-2H3,(H,33,39)(H,34,40)/t20-/m0/s1. The van der Waals surface area contributed by atoms with Gasteiger partial charge in [0.15, 0.2) is 5.65 Å². The molecule has 6 aromatic rings. The summed E-state index contributed by atoms with van der Waals surface area (Å²) in [5, 5.41) is 7.71. The maximum Gasteiger partial charge on any atom is 0.267 e. The molecule has 2 N–H and O–H groups in total. The first-order valence-electron chi connectivity index (χ1n) is 12.8. The zero-order valence-electron chi connectivity index (χ0n) is 22.1. The van der Waals surface area contributed by atoms with Gasteiger partial charge in [0.2, 0.25) is 5.56 Å². The van der Waals surface area contributed by atoms with Crippen LogP contribution in [0.3, 0.4) is 0 Å². The molecule has 0 unspecified atom stereocenters. The number of aromatic amines is 1. The lowest BCUT2D eigenvalue weighted by Gasteiger charge is -2.20. The van der Waals surface area contributed by atoms with Crippen LogP contribution in [0.2, 0.25) is 0 Å². The second-order valence-electron chi connectivity index (χ2n) is 9.38. The topological polar surface area (TPSA) is 127 Å². The first-order chi connectivity index (χ1) is 19.9. The molecule has 0 aliphatic rings. The van der Waals surface area contributed by atoms with E-state index >= 15 is 0 Å². The molecule has 6 rings (SSSR count). The van der Waals surface area contributed by atoms with Crippen molar-refractivity contribution < 1.29 is 4.79 Å². The molecule has 41 heavy (non-hydrogen) atoms.